The third kappa shape index (κ3) is 4.43. The third-order valence-corrected chi connectivity index (χ3v) is 3.90. The van der Waals surface area contributed by atoms with Crippen LogP contribution in [-0.4, -0.2) is 48.5 Å². The van der Waals surface area contributed by atoms with E-state index in [1.165, 1.54) is 6.42 Å². The van der Waals surface area contributed by atoms with Crippen LogP contribution in [0, 0.1) is 0 Å². The maximum atomic E-state index is 11.8. The number of likely N-dealkylation sites (tertiary alicyclic amines) is 1. The number of thioether (sulfide) groups is 1. The molecule has 1 N–H and O–H groups in total. The summed E-state index contributed by atoms with van der Waals surface area (Å²) in [4.78, 5) is 13.8. The first-order valence-electron chi connectivity index (χ1n) is 5.80. The monoisotopic (exact) mass is 230 g/mol. The second kappa shape index (κ2) is 7.12. The number of carbonyl (C=O) groups is 1. The van der Waals surface area contributed by atoms with Gasteiger partial charge in [-0.05, 0) is 32.1 Å². The molecule has 1 atom stereocenters. The zero-order chi connectivity index (χ0) is 11.1. The minimum Gasteiger partial charge on any atom is -0.340 e. The summed E-state index contributed by atoms with van der Waals surface area (Å²) in [5.74, 6) is 2.06. The van der Waals surface area contributed by atoms with E-state index in [0.29, 0.717) is 17.7 Å². The van der Waals surface area contributed by atoms with Crippen molar-refractivity contribution in [2.75, 3.05) is 31.6 Å². The van der Waals surface area contributed by atoms with E-state index in [4.69, 9.17) is 0 Å². The smallest absolute Gasteiger partial charge is 0.232 e. The molecule has 0 saturated carbocycles. The van der Waals surface area contributed by atoms with Crippen molar-refractivity contribution in [1.82, 2.24) is 10.2 Å². The van der Waals surface area contributed by atoms with Gasteiger partial charge in [0, 0.05) is 19.1 Å². The van der Waals surface area contributed by atoms with Gasteiger partial charge in [-0.3, -0.25) is 4.79 Å². The average Bonchev–Trinajstić information content (AvgIpc) is 2.29. The Bertz CT molecular complexity index is 199. The molecule has 1 saturated heterocycles. The summed E-state index contributed by atoms with van der Waals surface area (Å²) in [5.41, 5.74) is 0. The first-order chi connectivity index (χ1) is 7.27. The molecule has 0 aromatic heterocycles. The van der Waals surface area contributed by atoms with Crippen LogP contribution in [0.1, 0.15) is 26.2 Å². The highest BCUT2D eigenvalue weighted by molar-refractivity contribution is 7.99. The third-order valence-electron chi connectivity index (χ3n) is 2.76. The van der Waals surface area contributed by atoms with E-state index in [1.807, 2.05) is 11.9 Å². The lowest BCUT2D eigenvalue weighted by atomic mass is 10.1. The van der Waals surface area contributed by atoms with E-state index < -0.39 is 0 Å². The van der Waals surface area contributed by atoms with Gasteiger partial charge >= 0.3 is 0 Å². The Balaban J connectivity index is 2.25. The Morgan fingerprint density at radius 3 is 3.07 bits per heavy atom. The van der Waals surface area contributed by atoms with E-state index in [1.54, 1.807) is 11.8 Å². The largest absolute Gasteiger partial charge is 0.340 e. The Morgan fingerprint density at radius 2 is 2.40 bits per heavy atom. The molecule has 0 bridgehead atoms. The van der Waals surface area contributed by atoms with E-state index in [-0.39, 0.29) is 0 Å². The molecule has 0 aromatic rings. The number of nitrogens with zero attached hydrogens (tertiary/aromatic N) is 1. The fourth-order valence-electron chi connectivity index (χ4n) is 1.83. The summed E-state index contributed by atoms with van der Waals surface area (Å²) in [6, 6.07) is 0.499. The molecule has 4 heteroatoms. The van der Waals surface area contributed by atoms with Crippen molar-refractivity contribution in [1.29, 1.82) is 0 Å². The van der Waals surface area contributed by atoms with E-state index in [9.17, 15) is 4.79 Å². The number of hydrogen-bond donors (Lipinski definition) is 1. The molecule has 1 heterocycles. The van der Waals surface area contributed by atoms with Crippen molar-refractivity contribution < 1.29 is 4.79 Å². The van der Waals surface area contributed by atoms with Crippen LogP contribution in [-0.2, 0) is 4.79 Å². The van der Waals surface area contributed by atoms with Crippen LogP contribution in [0.4, 0.5) is 0 Å². The zero-order valence-electron chi connectivity index (χ0n) is 9.79. The summed E-state index contributed by atoms with van der Waals surface area (Å²) in [7, 11) is 1.98. The van der Waals surface area contributed by atoms with Gasteiger partial charge in [-0.25, -0.2) is 0 Å². The van der Waals surface area contributed by atoms with Crippen LogP contribution in [0.15, 0.2) is 0 Å². The van der Waals surface area contributed by atoms with E-state index >= 15 is 0 Å². The molecule has 1 amide bonds. The molecule has 0 spiro atoms. The topological polar surface area (TPSA) is 32.3 Å². The van der Waals surface area contributed by atoms with Gasteiger partial charge in [-0.1, -0.05) is 6.92 Å². The van der Waals surface area contributed by atoms with Crippen LogP contribution in [0.3, 0.4) is 0 Å². The van der Waals surface area contributed by atoms with Gasteiger partial charge in [-0.15, -0.1) is 0 Å². The lowest BCUT2D eigenvalue weighted by molar-refractivity contribution is -0.129. The van der Waals surface area contributed by atoms with Crippen LogP contribution in [0.2, 0.25) is 0 Å². The lowest BCUT2D eigenvalue weighted by Gasteiger charge is -2.32. The first-order valence-corrected chi connectivity index (χ1v) is 6.96. The number of amides is 1. The SMILES string of the molecule is CCCSCC(=O)N1CCCC(NC)C1. The fourth-order valence-corrected chi connectivity index (χ4v) is 2.62. The van der Waals surface area contributed by atoms with E-state index in [2.05, 4.69) is 12.2 Å². The van der Waals surface area contributed by atoms with Crippen molar-refractivity contribution in [3.05, 3.63) is 0 Å². The molecule has 0 aromatic carbocycles. The van der Waals surface area contributed by atoms with Crippen molar-refractivity contribution in [2.24, 2.45) is 0 Å². The Kier molecular flexibility index (Phi) is 6.10. The maximum absolute atomic E-state index is 11.8. The number of piperidine rings is 1. The van der Waals surface area contributed by atoms with Crippen molar-refractivity contribution in [3.8, 4) is 0 Å². The number of carbonyl (C=O) groups excluding carboxylic acids is 1. The van der Waals surface area contributed by atoms with Gasteiger partial charge in [-0.2, -0.15) is 11.8 Å². The van der Waals surface area contributed by atoms with Gasteiger partial charge < -0.3 is 10.2 Å². The fraction of sp³-hybridized carbons (Fsp3) is 0.909. The van der Waals surface area contributed by atoms with Crippen molar-refractivity contribution in [3.63, 3.8) is 0 Å². The molecule has 1 aliphatic heterocycles. The minimum atomic E-state index is 0.313. The average molecular weight is 230 g/mol. The van der Waals surface area contributed by atoms with Crippen molar-refractivity contribution >= 4 is 17.7 Å². The van der Waals surface area contributed by atoms with Gasteiger partial charge in [0.05, 0.1) is 5.75 Å². The molecule has 88 valence electrons. The molecule has 3 nitrogen and oxygen atoms in total. The quantitative estimate of drug-likeness (QED) is 0.723. The Morgan fingerprint density at radius 1 is 1.60 bits per heavy atom. The lowest BCUT2D eigenvalue weighted by Crippen LogP contribution is -2.47. The molecular weight excluding hydrogens is 208 g/mol. The van der Waals surface area contributed by atoms with Gasteiger partial charge in [0.15, 0.2) is 0 Å². The number of hydrogen-bond acceptors (Lipinski definition) is 3. The first kappa shape index (κ1) is 12.8. The molecule has 1 aliphatic rings. The Labute approximate surface area is 97.0 Å². The summed E-state index contributed by atoms with van der Waals surface area (Å²) in [6.45, 7) is 3.99. The molecular formula is C11H22N2OS. The molecule has 0 aliphatic carbocycles. The van der Waals surface area contributed by atoms with Crippen LogP contribution in [0.25, 0.3) is 0 Å². The van der Waals surface area contributed by atoms with Gasteiger partial charge in [0.25, 0.3) is 0 Å². The minimum absolute atomic E-state index is 0.313. The molecule has 15 heavy (non-hydrogen) atoms. The standard InChI is InChI=1S/C11H22N2OS/c1-3-7-15-9-11(14)13-6-4-5-10(8-13)12-2/h10,12H,3-9H2,1-2H3. The highest BCUT2D eigenvalue weighted by Crippen LogP contribution is 2.12. The van der Waals surface area contributed by atoms with Gasteiger partial charge in [0.1, 0.15) is 0 Å². The van der Waals surface area contributed by atoms with E-state index in [0.717, 1.165) is 31.7 Å². The predicted octanol–water partition coefficient (Wildman–Crippen LogP) is 1.34. The van der Waals surface area contributed by atoms with Crippen LogP contribution >= 0.6 is 11.8 Å². The summed E-state index contributed by atoms with van der Waals surface area (Å²) in [5, 5.41) is 3.26. The summed E-state index contributed by atoms with van der Waals surface area (Å²) in [6.07, 6.45) is 3.48. The highest BCUT2D eigenvalue weighted by Gasteiger charge is 2.21. The van der Waals surface area contributed by atoms with Crippen LogP contribution in [0.5, 0.6) is 0 Å². The molecule has 1 rings (SSSR count). The molecule has 1 unspecified atom stereocenters. The van der Waals surface area contributed by atoms with Gasteiger partial charge in [0.2, 0.25) is 5.91 Å². The number of nitrogens with one attached hydrogen (secondary N) is 1. The Hall–Kier alpha value is -0.220. The molecule has 0 radical (unpaired) electrons. The highest BCUT2D eigenvalue weighted by atomic mass is 32.2. The summed E-state index contributed by atoms with van der Waals surface area (Å²) < 4.78 is 0. The maximum Gasteiger partial charge on any atom is 0.232 e. The predicted molar refractivity (Wildman–Crippen MR) is 66.3 cm³/mol. The summed E-state index contributed by atoms with van der Waals surface area (Å²) >= 11 is 1.75. The number of rotatable bonds is 5. The normalized spacial score (nSPS) is 21.7. The second-order valence-electron chi connectivity index (χ2n) is 4.02. The second-order valence-corrected chi connectivity index (χ2v) is 5.13. The van der Waals surface area contributed by atoms with Crippen molar-refractivity contribution in [2.45, 2.75) is 32.2 Å². The molecule has 1 fully saturated rings. The number of likely N-dealkylation sites (N-methyl/N-ethyl adjacent to an activating group) is 1. The van der Waals surface area contributed by atoms with Crippen LogP contribution < -0.4 is 5.32 Å². The zero-order valence-corrected chi connectivity index (χ0v) is 10.6.